The molecule has 0 aromatic rings. The molecule has 0 heterocycles. The van der Waals surface area contributed by atoms with Gasteiger partial charge in [-0.15, -0.1) is 0 Å². The van der Waals surface area contributed by atoms with Crippen molar-refractivity contribution in [1.29, 1.82) is 0 Å². The summed E-state index contributed by atoms with van der Waals surface area (Å²) in [5, 5.41) is 0. The van der Waals surface area contributed by atoms with Crippen molar-refractivity contribution in [2.24, 2.45) is 0 Å². The standard InChI is InChI=1S/ClH2O3P/c1-5(2,3)4/h(H2,2,3,4). The van der Waals surface area contributed by atoms with Crippen molar-refractivity contribution in [3.8, 4) is 0 Å². The van der Waals surface area contributed by atoms with Crippen molar-refractivity contribution < 1.29 is 14.4 Å². The van der Waals surface area contributed by atoms with Crippen LogP contribution in [0, 0.1) is 0 Å². The van der Waals surface area contributed by atoms with Gasteiger partial charge in [0.25, 0.3) is 0 Å². The van der Waals surface area contributed by atoms with Gasteiger partial charge >= 0.3 is 6.95 Å². The van der Waals surface area contributed by atoms with Gasteiger partial charge in [0, 0.05) is 11.2 Å². The number of hydrogen-bond acceptors (Lipinski definition) is 1. The molecule has 0 spiro atoms. The summed E-state index contributed by atoms with van der Waals surface area (Å²) in [7, 11) is 0. The van der Waals surface area contributed by atoms with Crippen LogP contribution in [-0.4, -0.2) is 9.79 Å². The Kier molecular flexibility index (Phi) is 1.38. The normalized spacial score (nSPS) is 11.8. The molecule has 5 heavy (non-hydrogen) atoms. The average Bonchev–Trinajstić information content (AvgIpc) is 0.722. The smallest absolute Gasteiger partial charge is 0.313 e. The molecule has 0 aromatic carbocycles. The zero-order valence-electron chi connectivity index (χ0n) is 2.13. The van der Waals surface area contributed by atoms with Gasteiger partial charge in [0.2, 0.25) is 0 Å². The van der Waals surface area contributed by atoms with Gasteiger partial charge in [-0.25, -0.2) is 4.57 Å². The fourth-order valence-electron chi connectivity index (χ4n) is 0. The third-order valence-electron chi connectivity index (χ3n) is 0. The Bertz CT molecular complexity index is 53.0. The molecule has 0 aliphatic carbocycles. The summed E-state index contributed by atoms with van der Waals surface area (Å²) in [6.45, 7) is -4.17. The van der Waals surface area contributed by atoms with Crippen LogP contribution in [0.15, 0.2) is 0 Å². The number of halogens is 1. The van der Waals surface area contributed by atoms with Gasteiger partial charge in [0.05, 0.1) is 0 Å². The molecule has 2 N–H and O–H groups in total. The fourth-order valence-corrected chi connectivity index (χ4v) is 0. The van der Waals surface area contributed by atoms with E-state index in [0.29, 0.717) is 0 Å². The van der Waals surface area contributed by atoms with E-state index < -0.39 is 6.95 Å². The lowest BCUT2D eigenvalue weighted by atomic mass is 15.8. The van der Waals surface area contributed by atoms with Crippen LogP contribution in [0.2, 0.25) is 0 Å². The van der Waals surface area contributed by atoms with E-state index in [2.05, 4.69) is 11.2 Å². The minimum atomic E-state index is -4.17. The largest absolute Gasteiger partial charge is 0.419 e. The Hall–Kier alpha value is 0.440. The van der Waals surface area contributed by atoms with Crippen molar-refractivity contribution in [2.75, 3.05) is 0 Å². The molecule has 0 saturated heterocycles. The molecule has 0 aromatic heterocycles. The van der Waals surface area contributed by atoms with Gasteiger partial charge in [-0.05, 0) is 0 Å². The molecular weight excluding hydrogens is 114 g/mol. The zero-order valence-corrected chi connectivity index (χ0v) is 3.78. The quantitative estimate of drug-likeness (QED) is 0.448. The Balaban J connectivity index is 3.47. The predicted octanol–water partition coefficient (Wildman–Crippen LogP) is 0.318. The van der Waals surface area contributed by atoms with Crippen LogP contribution in [0.1, 0.15) is 0 Å². The van der Waals surface area contributed by atoms with Crippen molar-refractivity contribution in [3.63, 3.8) is 0 Å². The zero-order chi connectivity index (χ0) is 4.50. The van der Waals surface area contributed by atoms with E-state index in [9.17, 15) is 0 Å². The Morgan fingerprint density at radius 3 is 1.60 bits per heavy atom. The van der Waals surface area contributed by atoms with Crippen LogP contribution < -0.4 is 0 Å². The second kappa shape index (κ2) is 1.27. The second-order valence-electron chi connectivity index (χ2n) is 0.473. The summed E-state index contributed by atoms with van der Waals surface area (Å²) < 4.78 is 9.09. The molecule has 0 amide bonds. The van der Waals surface area contributed by atoms with Gasteiger partial charge in [0.15, 0.2) is 0 Å². The van der Waals surface area contributed by atoms with E-state index in [0.717, 1.165) is 0 Å². The first-order chi connectivity index (χ1) is 2.00. The molecule has 0 saturated carbocycles. The topological polar surface area (TPSA) is 57.5 Å². The lowest BCUT2D eigenvalue weighted by Gasteiger charge is -1.80. The molecule has 0 fully saturated rings. The molecule has 0 atom stereocenters. The van der Waals surface area contributed by atoms with Crippen molar-refractivity contribution in [3.05, 3.63) is 0 Å². The molecule has 0 rings (SSSR count). The number of rotatable bonds is 0. The fraction of sp³-hybridized carbons (Fsp3) is 0. The summed E-state index contributed by atoms with van der Waals surface area (Å²) in [5.74, 6) is 0. The van der Waals surface area contributed by atoms with Crippen LogP contribution in [0.4, 0.5) is 0 Å². The highest BCUT2D eigenvalue weighted by Crippen LogP contribution is 2.39. The van der Waals surface area contributed by atoms with E-state index in [4.69, 9.17) is 14.4 Å². The maximum Gasteiger partial charge on any atom is 0.419 e. The first-order valence-electron chi connectivity index (χ1n) is 0.752. The second-order valence-corrected chi connectivity index (χ2v) is 2.74. The van der Waals surface area contributed by atoms with E-state index >= 15 is 0 Å². The van der Waals surface area contributed by atoms with Crippen molar-refractivity contribution in [2.45, 2.75) is 0 Å². The minimum absolute atomic E-state index is 4.17. The van der Waals surface area contributed by atoms with Gasteiger partial charge in [-0.2, -0.15) is 0 Å². The van der Waals surface area contributed by atoms with Crippen LogP contribution in [0.5, 0.6) is 0 Å². The number of hydrogen-bond donors (Lipinski definition) is 2. The summed E-state index contributed by atoms with van der Waals surface area (Å²) in [4.78, 5) is 14.8. The molecule has 0 aliphatic heterocycles. The van der Waals surface area contributed by atoms with Crippen molar-refractivity contribution in [1.82, 2.24) is 0 Å². The Morgan fingerprint density at radius 1 is 1.60 bits per heavy atom. The Morgan fingerprint density at radius 2 is 1.60 bits per heavy atom. The van der Waals surface area contributed by atoms with E-state index in [1.807, 2.05) is 0 Å². The highest BCUT2D eigenvalue weighted by Gasteiger charge is 2.01. The third-order valence-corrected chi connectivity index (χ3v) is 0. The molecule has 3 nitrogen and oxygen atoms in total. The third kappa shape index (κ3) is 137. The maximum atomic E-state index is 9.09. The highest BCUT2D eigenvalue weighted by atomic mass is 35.7. The maximum absolute atomic E-state index is 9.09. The molecule has 32 valence electrons. The summed E-state index contributed by atoms with van der Waals surface area (Å²) >= 11 is 4.20. The van der Waals surface area contributed by atoms with Gasteiger partial charge < -0.3 is 9.79 Å². The molecular formula is H2ClO3P. The summed E-state index contributed by atoms with van der Waals surface area (Å²) in [5.41, 5.74) is 0. The molecule has 0 bridgehead atoms. The van der Waals surface area contributed by atoms with E-state index in [1.54, 1.807) is 0 Å². The summed E-state index contributed by atoms with van der Waals surface area (Å²) in [6, 6.07) is 0. The SMILES string of the molecule is O=P(O)(O)Cl. The lowest BCUT2D eigenvalue weighted by Crippen LogP contribution is -1.54. The average molecular weight is 116 g/mol. The van der Waals surface area contributed by atoms with E-state index in [1.165, 1.54) is 0 Å². The lowest BCUT2D eigenvalue weighted by molar-refractivity contribution is 0.395. The van der Waals surface area contributed by atoms with Gasteiger partial charge in [-0.3, -0.25) is 0 Å². The highest BCUT2D eigenvalue weighted by molar-refractivity contribution is 7.79. The molecule has 5 heteroatoms. The van der Waals surface area contributed by atoms with Crippen LogP contribution in [0.3, 0.4) is 0 Å². The minimum Gasteiger partial charge on any atom is -0.313 e. The predicted molar refractivity (Wildman–Crippen MR) is 17.9 cm³/mol. The first-order valence-corrected chi connectivity index (χ1v) is 3.27. The van der Waals surface area contributed by atoms with Crippen molar-refractivity contribution >= 4 is 18.2 Å². The van der Waals surface area contributed by atoms with E-state index in [-0.39, 0.29) is 0 Å². The monoisotopic (exact) mass is 116 g/mol. The van der Waals surface area contributed by atoms with Crippen LogP contribution in [-0.2, 0) is 4.57 Å². The van der Waals surface area contributed by atoms with Gasteiger partial charge in [-0.1, -0.05) is 0 Å². The Labute approximate surface area is 33.5 Å². The van der Waals surface area contributed by atoms with Crippen LogP contribution >= 0.6 is 18.2 Å². The first kappa shape index (κ1) is 5.44. The molecule has 0 radical (unpaired) electrons. The van der Waals surface area contributed by atoms with Crippen LogP contribution in [0.25, 0.3) is 0 Å². The molecule has 0 aliphatic rings. The van der Waals surface area contributed by atoms with Gasteiger partial charge in [0.1, 0.15) is 0 Å². The molecule has 0 unspecified atom stereocenters. The summed E-state index contributed by atoms with van der Waals surface area (Å²) in [6.07, 6.45) is 0.